The average Bonchev–Trinajstić information content (AvgIpc) is 2.59. The number of anilines is 1. The highest BCUT2D eigenvalue weighted by Crippen LogP contribution is 2.42. The smallest absolute Gasteiger partial charge is 0.481 e. The van der Waals surface area contributed by atoms with Crippen LogP contribution in [-0.2, 0) is 4.79 Å². The Kier molecular flexibility index (Phi) is 2.85. The number of amides is 2. The van der Waals surface area contributed by atoms with Crippen LogP contribution in [0.2, 0.25) is 0 Å². The number of benzene rings is 1. The van der Waals surface area contributed by atoms with E-state index in [4.69, 9.17) is 5.11 Å². The summed E-state index contributed by atoms with van der Waals surface area (Å²) in [5.41, 5.74) is 0.249. The van der Waals surface area contributed by atoms with E-state index in [0.717, 1.165) is 0 Å². The van der Waals surface area contributed by atoms with Crippen LogP contribution >= 0.6 is 0 Å². The first kappa shape index (κ1) is 13.4. The first-order valence-corrected chi connectivity index (χ1v) is 6.03. The van der Waals surface area contributed by atoms with E-state index >= 15 is 0 Å². The Morgan fingerprint density at radius 3 is 2.62 bits per heavy atom. The lowest BCUT2D eigenvalue weighted by Crippen LogP contribution is -2.54. The fraction of sp³-hybridized carbons (Fsp3) is 0.333. The summed E-state index contributed by atoms with van der Waals surface area (Å²) in [6, 6.07) is 3.35. The molecule has 0 spiro atoms. The number of rotatable bonds is 2. The number of aliphatic carboxylic acids is 1. The predicted molar refractivity (Wildman–Crippen MR) is 64.4 cm³/mol. The number of nitrogens with zero attached hydrogens (tertiary/aromatic N) is 1. The average molecular weight is 300 g/mol. The molecule has 1 aromatic rings. The van der Waals surface area contributed by atoms with E-state index in [2.05, 4.69) is 14.8 Å². The molecule has 3 rings (SSSR count). The maximum absolute atomic E-state index is 12.8. The van der Waals surface area contributed by atoms with Crippen LogP contribution in [0.5, 0.6) is 11.5 Å². The van der Waals surface area contributed by atoms with E-state index in [1.807, 2.05) is 0 Å². The summed E-state index contributed by atoms with van der Waals surface area (Å²) in [6.07, 6.45) is -3.71. The topological polar surface area (TPSA) is 88.1 Å². The number of ether oxygens (including phenoxy) is 2. The third-order valence-electron chi connectivity index (χ3n) is 3.17. The molecule has 1 aromatic carbocycles. The molecule has 9 heteroatoms. The van der Waals surface area contributed by atoms with Crippen LogP contribution in [0.25, 0.3) is 0 Å². The highest BCUT2D eigenvalue weighted by atomic mass is 19.3. The molecule has 7 nitrogen and oxygen atoms in total. The number of hydrogen-bond acceptors (Lipinski definition) is 4. The van der Waals surface area contributed by atoms with Gasteiger partial charge in [0.2, 0.25) is 0 Å². The minimum atomic E-state index is -3.71. The van der Waals surface area contributed by atoms with Crippen molar-refractivity contribution in [3.63, 3.8) is 0 Å². The highest BCUT2D eigenvalue weighted by molar-refractivity contribution is 5.91. The lowest BCUT2D eigenvalue weighted by Gasteiger charge is -2.36. The van der Waals surface area contributed by atoms with E-state index < -0.39 is 24.2 Å². The number of urea groups is 1. The number of hydrogen-bond donors (Lipinski definition) is 2. The Bertz CT molecular complexity index is 616. The summed E-state index contributed by atoms with van der Waals surface area (Å²) < 4.78 is 34.2. The van der Waals surface area contributed by atoms with E-state index in [-0.39, 0.29) is 30.3 Å². The molecule has 21 heavy (non-hydrogen) atoms. The van der Waals surface area contributed by atoms with Crippen molar-refractivity contribution in [3.05, 3.63) is 18.2 Å². The number of carboxylic acids is 1. The van der Waals surface area contributed by atoms with Gasteiger partial charge >= 0.3 is 18.3 Å². The van der Waals surface area contributed by atoms with Gasteiger partial charge in [-0.25, -0.2) is 4.79 Å². The third kappa shape index (κ3) is 2.54. The van der Waals surface area contributed by atoms with Gasteiger partial charge in [-0.3, -0.25) is 4.79 Å². The second kappa shape index (κ2) is 4.47. The Labute approximate surface area is 117 Å². The SMILES string of the molecule is O=C(O)C1CN(C(=O)Nc2ccc3c(c2)OC(F)(F)O3)C1. The summed E-state index contributed by atoms with van der Waals surface area (Å²) in [6.45, 7) is 0.230. The minimum absolute atomic E-state index is 0.115. The molecule has 2 aliphatic heterocycles. The van der Waals surface area contributed by atoms with Gasteiger partial charge in [0.1, 0.15) is 0 Å². The number of alkyl halides is 2. The van der Waals surface area contributed by atoms with E-state index in [1.54, 1.807) is 0 Å². The fourth-order valence-corrected chi connectivity index (χ4v) is 2.03. The first-order chi connectivity index (χ1) is 9.84. The fourth-order valence-electron chi connectivity index (χ4n) is 2.03. The number of nitrogens with one attached hydrogen (secondary N) is 1. The van der Waals surface area contributed by atoms with Crippen molar-refractivity contribution in [1.82, 2.24) is 4.90 Å². The van der Waals surface area contributed by atoms with Crippen LogP contribution in [-0.4, -0.2) is 41.4 Å². The van der Waals surface area contributed by atoms with Gasteiger partial charge in [0.25, 0.3) is 0 Å². The monoisotopic (exact) mass is 300 g/mol. The van der Waals surface area contributed by atoms with Crippen LogP contribution in [0, 0.1) is 5.92 Å². The first-order valence-electron chi connectivity index (χ1n) is 6.03. The van der Waals surface area contributed by atoms with Crippen molar-refractivity contribution in [2.24, 2.45) is 5.92 Å². The van der Waals surface area contributed by atoms with Gasteiger partial charge in [-0.15, -0.1) is 8.78 Å². The van der Waals surface area contributed by atoms with E-state index in [9.17, 15) is 18.4 Å². The second-order valence-corrected chi connectivity index (χ2v) is 4.70. The maximum atomic E-state index is 12.8. The number of halogens is 2. The van der Waals surface area contributed by atoms with Gasteiger partial charge in [-0.05, 0) is 12.1 Å². The van der Waals surface area contributed by atoms with Crippen molar-refractivity contribution in [2.75, 3.05) is 18.4 Å². The van der Waals surface area contributed by atoms with E-state index in [0.29, 0.717) is 0 Å². The number of carbonyl (C=O) groups is 2. The zero-order valence-corrected chi connectivity index (χ0v) is 10.5. The Morgan fingerprint density at radius 1 is 1.29 bits per heavy atom. The van der Waals surface area contributed by atoms with Crippen molar-refractivity contribution in [3.8, 4) is 11.5 Å². The minimum Gasteiger partial charge on any atom is -0.481 e. The molecule has 1 saturated heterocycles. The van der Waals surface area contributed by atoms with Crippen LogP contribution in [0.15, 0.2) is 18.2 Å². The van der Waals surface area contributed by atoms with Crippen molar-refractivity contribution < 1.29 is 33.0 Å². The van der Waals surface area contributed by atoms with Gasteiger partial charge < -0.3 is 24.8 Å². The number of carbonyl (C=O) groups excluding carboxylic acids is 1. The molecule has 0 aliphatic carbocycles. The predicted octanol–water partition coefficient (Wildman–Crippen LogP) is 1.56. The Morgan fingerprint density at radius 2 is 1.95 bits per heavy atom. The molecular formula is C12H10F2N2O5. The number of fused-ring (bicyclic) bond motifs is 1. The van der Waals surface area contributed by atoms with Gasteiger partial charge in [0.05, 0.1) is 5.92 Å². The lowest BCUT2D eigenvalue weighted by atomic mass is 10.0. The zero-order chi connectivity index (χ0) is 15.2. The van der Waals surface area contributed by atoms with E-state index in [1.165, 1.54) is 23.1 Å². The number of likely N-dealkylation sites (tertiary alicyclic amines) is 1. The van der Waals surface area contributed by atoms with Crippen LogP contribution in [0.1, 0.15) is 0 Å². The summed E-state index contributed by atoms with van der Waals surface area (Å²) in [5.74, 6) is -1.81. The Hall–Kier alpha value is -2.58. The van der Waals surface area contributed by atoms with Crippen LogP contribution in [0.3, 0.4) is 0 Å². The maximum Gasteiger partial charge on any atom is 0.586 e. The highest BCUT2D eigenvalue weighted by Gasteiger charge is 2.43. The van der Waals surface area contributed by atoms with Gasteiger partial charge in [0, 0.05) is 24.8 Å². The van der Waals surface area contributed by atoms with Crippen LogP contribution < -0.4 is 14.8 Å². The molecule has 112 valence electrons. The molecule has 1 fully saturated rings. The van der Waals surface area contributed by atoms with Crippen LogP contribution in [0.4, 0.5) is 19.3 Å². The molecule has 2 N–H and O–H groups in total. The molecule has 0 bridgehead atoms. The van der Waals surface area contributed by atoms with Gasteiger partial charge in [-0.1, -0.05) is 0 Å². The molecular weight excluding hydrogens is 290 g/mol. The summed E-state index contributed by atoms with van der Waals surface area (Å²) in [7, 11) is 0. The van der Waals surface area contributed by atoms with Crippen molar-refractivity contribution in [2.45, 2.75) is 6.29 Å². The Balaban J connectivity index is 1.62. The summed E-state index contributed by atoms with van der Waals surface area (Å²) in [4.78, 5) is 23.7. The summed E-state index contributed by atoms with van der Waals surface area (Å²) >= 11 is 0. The molecule has 0 radical (unpaired) electrons. The molecule has 0 unspecified atom stereocenters. The zero-order valence-electron chi connectivity index (χ0n) is 10.5. The van der Waals surface area contributed by atoms with Crippen molar-refractivity contribution >= 4 is 17.7 Å². The van der Waals surface area contributed by atoms with Crippen molar-refractivity contribution in [1.29, 1.82) is 0 Å². The lowest BCUT2D eigenvalue weighted by molar-refractivity contribution is -0.286. The second-order valence-electron chi connectivity index (χ2n) is 4.70. The largest absolute Gasteiger partial charge is 0.586 e. The number of carboxylic acid groups (broad SMARTS) is 1. The summed E-state index contributed by atoms with van der Waals surface area (Å²) in [5, 5.41) is 11.2. The normalized spacial score (nSPS) is 19.0. The molecule has 2 aliphatic rings. The standard InChI is InChI=1S/C12H10F2N2O5/c13-12(14)20-8-2-1-7(3-9(8)21-12)15-11(19)16-4-6(5-16)10(17)18/h1-3,6H,4-5H2,(H,15,19)(H,17,18). The molecule has 0 saturated carbocycles. The third-order valence-corrected chi connectivity index (χ3v) is 3.17. The molecule has 0 atom stereocenters. The van der Waals surface area contributed by atoms with Gasteiger partial charge in [0.15, 0.2) is 11.5 Å². The molecule has 2 heterocycles. The van der Waals surface area contributed by atoms with Gasteiger partial charge in [-0.2, -0.15) is 0 Å². The molecule has 2 amide bonds. The molecule has 0 aromatic heterocycles. The quantitative estimate of drug-likeness (QED) is 0.865.